The second kappa shape index (κ2) is 4.57. The van der Waals surface area contributed by atoms with E-state index in [4.69, 9.17) is 15.2 Å². The fourth-order valence-electron chi connectivity index (χ4n) is 0.925. The van der Waals surface area contributed by atoms with Crippen molar-refractivity contribution in [1.82, 2.24) is 0 Å². The molecule has 1 aromatic carbocycles. The van der Waals surface area contributed by atoms with Gasteiger partial charge >= 0.3 is 0 Å². The molecular formula is C9H13NO3. The summed E-state index contributed by atoms with van der Waals surface area (Å²) in [7, 11) is 1.49. The van der Waals surface area contributed by atoms with E-state index in [1.54, 1.807) is 12.1 Å². The lowest BCUT2D eigenvalue weighted by Gasteiger charge is -2.07. The number of hydrogen-bond acceptors (Lipinski definition) is 4. The third-order valence-electron chi connectivity index (χ3n) is 1.54. The number of methoxy groups -OCH3 is 1. The molecule has 0 radical (unpaired) electrons. The molecule has 0 aromatic heterocycles. The number of aromatic hydroxyl groups is 1. The highest BCUT2D eigenvalue weighted by molar-refractivity contribution is 5.44. The number of hydrogen-bond donors (Lipinski definition) is 2. The number of benzene rings is 1. The normalized spacial score (nSPS) is 9.69. The van der Waals surface area contributed by atoms with Crippen molar-refractivity contribution in [3.8, 4) is 17.2 Å². The predicted octanol–water partition coefficient (Wildman–Crippen LogP) is 0.738. The molecular weight excluding hydrogens is 170 g/mol. The van der Waals surface area contributed by atoms with Crippen LogP contribution in [-0.2, 0) is 0 Å². The molecule has 0 aliphatic carbocycles. The van der Waals surface area contributed by atoms with Gasteiger partial charge < -0.3 is 20.3 Å². The first kappa shape index (κ1) is 9.67. The summed E-state index contributed by atoms with van der Waals surface area (Å²) in [6.07, 6.45) is 0. The molecule has 13 heavy (non-hydrogen) atoms. The first-order valence-corrected chi connectivity index (χ1v) is 3.98. The molecule has 0 saturated carbocycles. The van der Waals surface area contributed by atoms with E-state index in [0.717, 1.165) is 0 Å². The smallest absolute Gasteiger partial charge is 0.164 e. The van der Waals surface area contributed by atoms with Gasteiger partial charge in [-0.25, -0.2) is 0 Å². The van der Waals surface area contributed by atoms with Crippen LogP contribution in [0.25, 0.3) is 0 Å². The van der Waals surface area contributed by atoms with Crippen molar-refractivity contribution >= 4 is 0 Å². The quantitative estimate of drug-likeness (QED) is 0.722. The Morgan fingerprint density at radius 1 is 1.46 bits per heavy atom. The Morgan fingerprint density at radius 2 is 2.23 bits per heavy atom. The van der Waals surface area contributed by atoms with E-state index in [1.807, 2.05) is 0 Å². The lowest BCUT2D eigenvalue weighted by molar-refractivity contribution is 0.321. The van der Waals surface area contributed by atoms with Crippen LogP contribution in [0, 0.1) is 0 Å². The second-order valence-electron chi connectivity index (χ2n) is 2.47. The fraction of sp³-hybridized carbons (Fsp3) is 0.333. The molecule has 72 valence electrons. The zero-order chi connectivity index (χ0) is 9.68. The number of phenols is 1. The highest BCUT2D eigenvalue weighted by Crippen LogP contribution is 2.29. The van der Waals surface area contributed by atoms with Crippen molar-refractivity contribution in [2.24, 2.45) is 5.73 Å². The molecule has 4 nitrogen and oxygen atoms in total. The standard InChI is InChI=1S/C9H13NO3/c1-12-9-6-7(13-5-4-10)2-3-8(9)11/h2-3,6,11H,4-5,10H2,1H3. The zero-order valence-electron chi connectivity index (χ0n) is 7.49. The molecule has 0 bridgehead atoms. The largest absolute Gasteiger partial charge is 0.504 e. The van der Waals surface area contributed by atoms with Crippen LogP contribution in [0.3, 0.4) is 0 Å². The van der Waals surface area contributed by atoms with E-state index in [9.17, 15) is 5.11 Å². The molecule has 0 aliphatic heterocycles. The summed E-state index contributed by atoms with van der Waals surface area (Å²) in [5.41, 5.74) is 5.27. The zero-order valence-corrected chi connectivity index (χ0v) is 7.49. The maximum Gasteiger partial charge on any atom is 0.164 e. The average Bonchev–Trinajstić information content (AvgIpc) is 2.16. The molecule has 1 rings (SSSR count). The van der Waals surface area contributed by atoms with Crippen molar-refractivity contribution < 1.29 is 14.6 Å². The van der Waals surface area contributed by atoms with Gasteiger partial charge in [0.05, 0.1) is 7.11 Å². The average molecular weight is 183 g/mol. The maximum atomic E-state index is 9.26. The van der Waals surface area contributed by atoms with Crippen LogP contribution >= 0.6 is 0 Å². The third kappa shape index (κ3) is 2.52. The Hall–Kier alpha value is -1.42. The summed E-state index contributed by atoms with van der Waals surface area (Å²) in [5, 5.41) is 9.26. The molecule has 0 fully saturated rings. The Bertz CT molecular complexity index is 276. The highest BCUT2D eigenvalue weighted by Gasteiger charge is 2.02. The van der Waals surface area contributed by atoms with Crippen LogP contribution in [0.1, 0.15) is 0 Å². The minimum Gasteiger partial charge on any atom is -0.504 e. The van der Waals surface area contributed by atoms with E-state index in [1.165, 1.54) is 13.2 Å². The molecule has 0 amide bonds. The molecule has 3 N–H and O–H groups in total. The summed E-state index contributed by atoms with van der Waals surface area (Å²) in [5.74, 6) is 1.14. The molecule has 0 aliphatic rings. The van der Waals surface area contributed by atoms with Crippen LogP contribution in [0.2, 0.25) is 0 Å². The topological polar surface area (TPSA) is 64.7 Å². The van der Waals surface area contributed by atoms with Gasteiger partial charge in [-0.1, -0.05) is 0 Å². The number of ether oxygens (including phenoxy) is 2. The SMILES string of the molecule is COc1cc(OCCN)ccc1O. The summed E-state index contributed by atoms with van der Waals surface area (Å²) in [6.45, 7) is 0.914. The predicted molar refractivity (Wildman–Crippen MR) is 49.2 cm³/mol. The first-order valence-electron chi connectivity index (χ1n) is 3.98. The summed E-state index contributed by atoms with van der Waals surface area (Å²) >= 11 is 0. The summed E-state index contributed by atoms with van der Waals surface area (Å²) in [6, 6.07) is 4.79. The van der Waals surface area contributed by atoms with E-state index >= 15 is 0 Å². The number of rotatable bonds is 4. The lowest BCUT2D eigenvalue weighted by atomic mass is 10.3. The van der Waals surface area contributed by atoms with E-state index in [0.29, 0.717) is 24.7 Å². The molecule has 0 spiro atoms. The number of phenolic OH excluding ortho intramolecular Hbond substituents is 1. The minimum absolute atomic E-state index is 0.0996. The van der Waals surface area contributed by atoms with E-state index in [2.05, 4.69) is 0 Å². The van der Waals surface area contributed by atoms with Gasteiger partial charge in [-0.2, -0.15) is 0 Å². The van der Waals surface area contributed by atoms with E-state index < -0.39 is 0 Å². The molecule has 0 heterocycles. The lowest BCUT2D eigenvalue weighted by Crippen LogP contribution is -2.10. The van der Waals surface area contributed by atoms with Gasteiger partial charge in [-0.15, -0.1) is 0 Å². The second-order valence-corrected chi connectivity index (χ2v) is 2.47. The third-order valence-corrected chi connectivity index (χ3v) is 1.54. The van der Waals surface area contributed by atoms with Crippen molar-refractivity contribution in [2.75, 3.05) is 20.3 Å². The minimum atomic E-state index is 0.0996. The molecule has 0 unspecified atom stereocenters. The monoisotopic (exact) mass is 183 g/mol. The van der Waals surface area contributed by atoms with Gasteiger partial charge in [0, 0.05) is 12.6 Å². The van der Waals surface area contributed by atoms with Crippen LogP contribution in [0.4, 0.5) is 0 Å². The first-order chi connectivity index (χ1) is 6.27. The molecule has 0 saturated heterocycles. The Morgan fingerprint density at radius 3 is 2.85 bits per heavy atom. The number of nitrogens with two attached hydrogens (primary N) is 1. The Balaban J connectivity index is 2.74. The van der Waals surface area contributed by atoms with Crippen LogP contribution in [0.5, 0.6) is 17.2 Å². The Labute approximate surface area is 76.9 Å². The van der Waals surface area contributed by atoms with Gasteiger partial charge in [-0.05, 0) is 12.1 Å². The van der Waals surface area contributed by atoms with Crippen LogP contribution < -0.4 is 15.2 Å². The van der Waals surface area contributed by atoms with Gasteiger partial charge in [-0.3, -0.25) is 0 Å². The maximum absolute atomic E-state index is 9.26. The van der Waals surface area contributed by atoms with Gasteiger partial charge in [0.2, 0.25) is 0 Å². The molecule has 4 heteroatoms. The van der Waals surface area contributed by atoms with Gasteiger partial charge in [0.25, 0.3) is 0 Å². The van der Waals surface area contributed by atoms with Crippen molar-refractivity contribution in [2.45, 2.75) is 0 Å². The van der Waals surface area contributed by atoms with Crippen LogP contribution in [-0.4, -0.2) is 25.4 Å². The van der Waals surface area contributed by atoms with Crippen molar-refractivity contribution in [1.29, 1.82) is 0 Å². The Kier molecular flexibility index (Phi) is 3.40. The van der Waals surface area contributed by atoms with Crippen LogP contribution in [0.15, 0.2) is 18.2 Å². The molecule has 1 aromatic rings. The summed E-state index contributed by atoms with van der Waals surface area (Å²) < 4.78 is 10.1. The molecule has 0 atom stereocenters. The van der Waals surface area contributed by atoms with Crippen molar-refractivity contribution in [3.05, 3.63) is 18.2 Å². The highest BCUT2D eigenvalue weighted by atomic mass is 16.5. The van der Waals surface area contributed by atoms with Gasteiger partial charge in [0.15, 0.2) is 11.5 Å². The van der Waals surface area contributed by atoms with E-state index in [-0.39, 0.29) is 5.75 Å². The summed E-state index contributed by atoms with van der Waals surface area (Å²) in [4.78, 5) is 0. The van der Waals surface area contributed by atoms with Crippen molar-refractivity contribution in [3.63, 3.8) is 0 Å². The fourth-order valence-corrected chi connectivity index (χ4v) is 0.925. The van der Waals surface area contributed by atoms with Gasteiger partial charge in [0.1, 0.15) is 12.4 Å².